The standard InChI is InChI=1S/C19H19ClF3N3O/c20-14-6-4-13(5-7-14)17(19(21,22)23)25-15-8-1-12(2-9-15)3-10-16-11-27-18(24)26-16/h1-2,4-9,16-17,25H,3,10-11H2,(H2,24,26)/t16-,17+/m0/s1. The molecule has 2 atom stereocenters. The number of hydrogen-bond acceptors (Lipinski definition) is 4. The van der Waals surface area contributed by atoms with Crippen molar-refractivity contribution in [1.29, 1.82) is 0 Å². The number of nitrogens with one attached hydrogen (secondary N) is 1. The van der Waals surface area contributed by atoms with E-state index in [0.29, 0.717) is 17.3 Å². The van der Waals surface area contributed by atoms with E-state index in [1.807, 2.05) is 0 Å². The molecule has 3 N–H and O–H groups in total. The number of nitrogens with two attached hydrogens (primary N) is 1. The average Bonchev–Trinajstić information content (AvgIpc) is 3.04. The zero-order chi connectivity index (χ0) is 19.4. The zero-order valence-corrected chi connectivity index (χ0v) is 15.1. The van der Waals surface area contributed by atoms with Gasteiger partial charge in [-0.25, -0.2) is 4.99 Å². The Morgan fingerprint density at radius 2 is 1.81 bits per heavy atom. The molecule has 0 saturated carbocycles. The van der Waals surface area contributed by atoms with Gasteiger partial charge in [-0.3, -0.25) is 0 Å². The third-order valence-corrected chi connectivity index (χ3v) is 4.55. The molecule has 0 aromatic heterocycles. The summed E-state index contributed by atoms with van der Waals surface area (Å²) in [5.74, 6) is 0. The molecule has 0 radical (unpaired) electrons. The molecule has 0 bridgehead atoms. The van der Waals surface area contributed by atoms with Crippen LogP contribution in [0.25, 0.3) is 0 Å². The van der Waals surface area contributed by atoms with Crippen LogP contribution in [-0.2, 0) is 11.2 Å². The van der Waals surface area contributed by atoms with Gasteiger partial charge < -0.3 is 15.8 Å². The Hall–Kier alpha value is -2.41. The summed E-state index contributed by atoms with van der Waals surface area (Å²) in [6.45, 7) is 0.472. The molecule has 1 aliphatic rings. The maximum absolute atomic E-state index is 13.5. The van der Waals surface area contributed by atoms with Crippen molar-refractivity contribution in [1.82, 2.24) is 0 Å². The van der Waals surface area contributed by atoms with Crippen LogP contribution in [0.3, 0.4) is 0 Å². The van der Waals surface area contributed by atoms with E-state index in [9.17, 15) is 13.2 Å². The number of amidine groups is 1. The molecule has 0 spiro atoms. The fourth-order valence-electron chi connectivity index (χ4n) is 2.86. The molecule has 0 saturated heterocycles. The van der Waals surface area contributed by atoms with Gasteiger partial charge in [0, 0.05) is 10.7 Å². The molecule has 0 amide bonds. The van der Waals surface area contributed by atoms with Gasteiger partial charge in [-0.05, 0) is 48.2 Å². The molecule has 2 aromatic carbocycles. The first-order chi connectivity index (χ1) is 12.8. The average molecular weight is 398 g/mol. The van der Waals surface area contributed by atoms with Gasteiger partial charge in [0.1, 0.15) is 12.6 Å². The Morgan fingerprint density at radius 3 is 2.37 bits per heavy atom. The molecule has 0 unspecified atom stereocenters. The van der Waals surface area contributed by atoms with Gasteiger partial charge >= 0.3 is 6.18 Å². The van der Waals surface area contributed by atoms with Crippen LogP contribution < -0.4 is 11.1 Å². The molecule has 1 heterocycles. The summed E-state index contributed by atoms with van der Waals surface area (Å²) >= 11 is 5.77. The van der Waals surface area contributed by atoms with Crippen LogP contribution in [0, 0.1) is 0 Å². The van der Waals surface area contributed by atoms with Crippen molar-refractivity contribution < 1.29 is 17.9 Å². The maximum Gasteiger partial charge on any atom is 0.412 e. The van der Waals surface area contributed by atoms with Gasteiger partial charge in [0.15, 0.2) is 0 Å². The van der Waals surface area contributed by atoms with Crippen molar-refractivity contribution in [2.24, 2.45) is 10.7 Å². The number of aryl methyl sites for hydroxylation is 1. The summed E-state index contributed by atoms with van der Waals surface area (Å²) < 4.78 is 45.5. The van der Waals surface area contributed by atoms with Gasteiger partial charge in [0.2, 0.25) is 0 Å². The minimum absolute atomic E-state index is 0.0299. The predicted octanol–water partition coefficient (Wildman–Crippen LogP) is 4.70. The van der Waals surface area contributed by atoms with Gasteiger partial charge in [-0.15, -0.1) is 0 Å². The topological polar surface area (TPSA) is 59.6 Å². The first kappa shape index (κ1) is 19.4. The van der Waals surface area contributed by atoms with Crippen molar-refractivity contribution in [3.63, 3.8) is 0 Å². The lowest BCUT2D eigenvalue weighted by molar-refractivity contribution is -0.144. The van der Waals surface area contributed by atoms with Crippen molar-refractivity contribution in [2.75, 3.05) is 11.9 Å². The van der Waals surface area contributed by atoms with Crippen LogP contribution in [-0.4, -0.2) is 24.8 Å². The molecule has 144 valence electrons. The Bertz CT molecular complexity index is 791. The molecule has 8 heteroatoms. The summed E-state index contributed by atoms with van der Waals surface area (Å²) in [6.07, 6.45) is -2.93. The van der Waals surface area contributed by atoms with E-state index in [-0.39, 0.29) is 17.6 Å². The maximum atomic E-state index is 13.5. The molecule has 27 heavy (non-hydrogen) atoms. The summed E-state index contributed by atoms with van der Waals surface area (Å²) in [5, 5.41) is 2.95. The second-order valence-electron chi connectivity index (χ2n) is 6.34. The SMILES string of the molecule is NC1=N[C@@H](CCc2ccc(N[C@H](c3ccc(Cl)cc3)C(F)(F)F)cc2)CO1. The quantitative estimate of drug-likeness (QED) is 0.742. The number of anilines is 1. The van der Waals surface area contributed by atoms with E-state index in [1.165, 1.54) is 24.3 Å². The van der Waals surface area contributed by atoms with Crippen molar-refractivity contribution >= 4 is 23.3 Å². The van der Waals surface area contributed by atoms with E-state index < -0.39 is 12.2 Å². The number of ether oxygens (including phenoxy) is 1. The highest BCUT2D eigenvalue weighted by Crippen LogP contribution is 2.36. The summed E-state index contributed by atoms with van der Waals surface area (Å²) in [6, 6.07) is 11.0. The Morgan fingerprint density at radius 1 is 1.15 bits per heavy atom. The normalized spacial score (nSPS) is 17.9. The third-order valence-electron chi connectivity index (χ3n) is 4.30. The van der Waals surface area contributed by atoms with E-state index >= 15 is 0 Å². The largest absolute Gasteiger partial charge is 0.463 e. The molecule has 2 aromatic rings. The lowest BCUT2D eigenvalue weighted by atomic mass is 10.0. The van der Waals surface area contributed by atoms with Crippen molar-refractivity contribution in [3.05, 3.63) is 64.7 Å². The minimum Gasteiger partial charge on any atom is -0.463 e. The molecular formula is C19H19ClF3N3O. The molecule has 0 aliphatic carbocycles. The van der Waals surface area contributed by atoms with Gasteiger partial charge in [0.25, 0.3) is 6.02 Å². The Kier molecular flexibility index (Phi) is 5.79. The number of rotatable bonds is 6. The molecule has 4 nitrogen and oxygen atoms in total. The fraction of sp³-hybridized carbons (Fsp3) is 0.316. The molecular weight excluding hydrogens is 379 g/mol. The highest BCUT2D eigenvalue weighted by atomic mass is 35.5. The second-order valence-corrected chi connectivity index (χ2v) is 6.77. The smallest absolute Gasteiger partial charge is 0.412 e. The highest BCUT2D eigenvalue weighted by Gasteiger charge is 2.40. The summed E-state index contributed by atoms with van der Waals surface area (Å²) in [4.78, 5) is 4.15. The number of hydrogen-bond donors (Lipinski definition) is 2. The van der Waals surface area contributed by atoms with Crippen LogP contribution in [0.15, 0.2) is 53.5 Å². The monoisotopic (exact) mass is 397 g/mol. The molecule has 3 rings (SSSR count). The summed E-state index contributed by atoms with van der Waals surface area (Å²) in [7, 11) is 0. The van der Waals surface area contributed by atoms with Crippen LogP contribution in [0.5, 0.6) is 0 Å². The minimum atomic E-state index is -4.44. The first-order valence-electron chi connectivity index (χ1n) is 8.45. The van der Waals surface area contributed by atoms with Gasteiger partial charge in [0.05, 0.1) is 6.04 Å². The number of nitrogens with zero attached hydrogens (tertiary/aromatic N) is 1. The lowest BCUT2D eigenvalue weighted by Gasteiger charge is -2.23. The third kappa shape index (κ3) is 5.29. The number of halogens is 4. The zero-order valence-electron chi connectivity index (χ0n) is 14.3. The van der Waals surface area contributed by atoms with E-state index in [1.54, 1.807) is 24.3 Å². The highest BCUT2D eigenvalue weighted by molar-refractivity contribution is 6.30. The van der Waals surface area contributed by atoms with Crippen LogP contribution in [0.1, 0.15) is 23.6 Å². The first-order valence-corrected chi connectivity index (χ1v) is 8.83. The second kappa shape index (κ2) is 8.08. The van der Waals surface area contributed by atoms with Gasteiger partial charge in [-0.2, -0.15) is 13.2 Å². The molecule has 1 aliphatic heterocycles. The van der Waals surface area contributed by atoms with Crippen LogP contribution in [0.4, 0.5) is 18.9 Å². The van der Waals surface area contributed by atoms with E-state index in [0.717, 1.165) is 18.4 Å². The van der Waals surface area contributed by atoms with Crippen LogP contribution in [0.2, 0.25) is 5.02 Å². The van der Waals surface area contributed by atoms with Crippen LogP contribution >= 0.6 is 11.6 Å². The number of aliphatic imine (C=N–C) groups is 1. The summed E-state index contributed by atoms with van der Waals surface area (Å²) in [5.41, 5.74) is 6.98. The van der Waals surface area contributed by atoms with Crippen molar-refractivity contribution in [3.8, 4) is 0 Å². The van der Waals surface area contributed by atoms with Crippen molar-refractivity contribution in [2.45, 2.75) is 31.1 Å². The van der Waals surface area contributed by atoms with E-state index in [4.69, 9.17) is 22.1 Å². The Balaban J connectivity index is 1.65. The fourth-order valence-corrected chi connectivity index (χ4v) is 2.99. The van der Waals surface area contributed by atoms with E-state index in [2.05, 4.69) is 10.3 Å². The predicted molar refractivity (Wildman–Crippen MR) is 100.0 cm³/mol. The number of alkyl halides is 3. The van der Waals surface area contributed by atoms with Gasteiger partial charge in [-0.1, -0.05) is 35.9 Å². The Labute approximate surface area is 160 Å². The molecule has 0 fully saturated rings. The number of benzene rings is 2. The lowest BCUT2D eigenvalue weighted by Crippen LogP contribution is -2.27.